The first-order valence-corrected chi connectivity index (χ1v) is 6.74. The summed E-state index contributed by atoms with van der Waals surface area (Å²) in [5.41, 5.74) is 3.56. The van der Waals surface area contributed by atoms with Crippen LogP contribution in [0.2, 0.25) is 10.0 Å². The third-order valence-electron chi connectivity index (χ3n) is 2.95. The predicted octanol–water partition coefficient (Wildman–Crippen LogP) is 4.04. The lowest BCUT2D eigenvalue weighted by molar-refractivity contribution is 0.756. The molecule has 98 valence electrons. The van der Waals surface area contributed by atoms with Crippen LogP contribution in [0, 0.1) is 11.7 Å². The van der Waals surface area contributed by atoms with Crippen molar-refractivity contribution in [3.8, 4) is 5.69 Å². The van der Waals surface area contributed by atoms with Crippen LogP contribution >= 0.6 is 35.4 Å². The first-order valence-electron chi connectivity index (χ1n) is 5.58. The van der Waals surface area contributed by atoms with Crippen molar-refractivity contribution in [2.24, 2.45) is 7.05 Å². The Morgan fingerprint density at radius 3 is 2.58 bits per heavy atom. The maximum absolute atomic E-state index is 6.09. The number of rotatable bonds is 1. The number of H-pyrrole nitrogens is 1. The Morgan fingerprint density at radius 2 is 1.95 bits per heavy atom. The molecule has 0 aliphatic heterocycles. The van der Waals surface area contributed by atoms with Gasteiger partial charge in [0.25, 0.3) is 0 Å². The van der Waals surface area contributed by atoms with Crippen LogP contribution in [0.15, 0.2) is 18.3 Å². The van der Waals surface area contributed by atoms with E-state index >= 15 is 0 Å². The van der Waals surface area contributed by atoms with Gasteiger partial charge in [0.05, 0.1) is 32.5 Å². The summed E-state index contributed by atoms with van der Waals surface area (Å²) < 4.78 is 4.25. The third-order valence-corrected chi connectivity index (χ3v) is 3.96. The average molecular weight is 313 g/mol. The van der Waals surface area contributed by atoms with Crippen LogP contribution in [0.25, 0.3) is 16.7 Å². The van der Waals surface area contributed by atoms with Gasteiger partial charge in [0.2, 0.25) is 0 Å². The Kier molecular flexibility index (Phi) is 2.92. The second-order valence-corrected chi connectivity index (χ2v) is 5.52. The summed E-state index contributed by atoms with van der Waals surface area (Å²) in [7, 11) is 1.87. The molecule has 3 aromatic rings. The Bertz CT molecular complexity index is 843. The molecule has 0 aliphatic carbocycles. The van der Waals surface area contributed by atoms with Gasteiger partial charge in [-0.1, -0.05) is 23.2 Å². The van der Waals surface area contributed by atoms with E-state index in [0.29, 0.717) is 14.8 Å². The second kappa shape index (κ2) is 4.37. The van der Waals surface area contributed by atoms with E-state index in [1.54, 1.807) is 16.8 Å². The fraction of sp³-hybridized carbons (Fsp3) is 0.167. The fourth-order valence-corrected chi connectivity index (χ4v) is 2.78. The number of aryl methyl sites for hydroxylation is 2. The molecule has 4 nitrogen and oxygen atoms in total. The van der Waals surface area contributed by atoms with Crippen LogP contribution < -0.4 is 0 Å². The standard InChI is InChI=1S/C12H10Cl2N4S/c1-6-11(5-17(2)16-6)18-10-4-8(14)7(13)3-9(10)15-12(18)19/h3-5H,1-2H3,(H,15,19). The van der Waals surface area contributed by atoms with Gasteiger partial charge in [0.1, 0.15) is 0 Å². The number of halogens is 2. The van der Waals surface area contributed by atoms with Crippen molar-refractivity contribution in [1.82, 2.24) is 19.3 Å². The molecule has 19 heavy (non-hydrogen) atoms. The van der Waals surface area contributed by atoms with E-state index in [-0.39, 0.29) is 0 Å². The molecular formula is C12H10Cl2N4S. The summed E-state index contributed by atoms with van der Waals surface area (Å²) >= 11 is 17.5. The zero-order chi connectivity index (χ0) is 13.7. The lowest BCUT2D eigenvalue weighted by Crippen LogP contribution is -1.94. The minimum Gasteiger partial charge on any atom is -0.330 e. The molecule has 0 saturated carbocycles. The fourth-order valence-electron chi connectivity index (χ4n) is 2.15. The van der Waals surface area contributed by atoms with Gasteiger partial charge in [-0.3, -0.25) is 9.25 Å². The minimum absolute atomic E-state index is 0.499. The molecule has 2 heterocycles. The summed E-state index contributed by atoms with van der Waals surface area (Å²) in [6.07, 6.45) is 1.92. The van der Waals surface area contributed by atoms with Crippen LogP contribution in [0.1, 0.15) is 5.69 Å². The highest BCUT2D eigenvalue weighted by atomic mass is 35.5. The number of hydrogen-bond acceptors (Lipinski definition) is 2. The molecule has 0 bridgehead atoms. The van der Waals surface area contributed by atoms with Gasteiger partial charge in [-0.15, -0.1) is 0 Å². The zero-order valence-corrected chi connectivity index (χ0v) is 12.6. The highest BCUT2D eigenvalue weighted by molar-refractivity contribution is 7.71. The van der Waals surface area contributed by atoms with Crippen LogP contribution in [0.5, 0.6) is 0 Å². The first kappa shape index (κ1) is 12.7. The van der Waals surface area contributed by atoms with Crippen molar-refractivity contribution in [2.45, 2.75) is 6.92 Å². The van der Waals surface area contributed by atoms with Crippen LogP contribution in [0.4, 0.5) is 0 Å². The van der Waals surface area contributed by atoms with E-state index in [4.69, 9.17) is 35.4 Å². The van der Waals surface area contributed by atoms with Crippen LogP contribution in [-0.4, -0.2) is 19.3 Å². The maximum Gasteiger partial charge on any atom is 0.182 e. The first-order chi connectivity index (χ1) is 8.97. The summed E-state index contributed by atoms with van der Waals surface area (Å²) in [6.45, 7) is 1.94. The van der Waals surface area contributed by atoms with E-state index < -0.39 is 0 Å². The molecule has 0 saturated heterocycles. The zero-order valence-electron chi connectivity index (χ0n) is 10.2. The van der Waals surface area contributed by atoms with Gasteiger partial charge in [-0.2, -0.15) is 5.10 Å². The quantitative estimate of drug-likeness (QED) is 0.689. The number of nitrogens with one attached hydrogen (secondary N) is 1. The highest BCUT2D eigenvalue weighted by Crippen LogP contribution is 2.29. The van der Waals surface area contributed by atoms with E-state index in [0.717, 1.165) is 22.4 Å². The van der Waals surface area contributed by atoms with Gasteiger partial charge < -0.3 is 4.98 Å². The monoisotopic (exact) mass is 312 g/mol. The molecule has 0 fully saturated rings. The lowest BCUT2D eigenvalue weighted by Gasteiger charge is -2.03. The Hall–Kier alpha value is -1.30. The van der Waals surface area contributed by atoms with Crippen LogP contribution in [0.3, 0.4) is 0 Å². The van der Waals surface area contributed by atoms with Crippen molar-refractivity contribution < 1.29 is 0 Å². The number of benzene rings is 1. The Balaban J connectivity index is 2.41. The van der Waals surface area contributed by atoms with Crippen LogP contribution in [-0.2, 0) is 7.05 Å². The summed E-state index contributed by atoms with van der Waals surface area (Å²) in [5, 5.41) is 5.33. The topological polar surface area (TPSA) is 38.5 Å². The number of nitrogens with zero attached hydrogens (tertiary/aromatic N) is 3. The third kappa shape index (κ3) is 1.98. The smallest absolute Gasteiger partial charge is 0.182 e. The summed E-state index contributed by atoms with van der Waals surface area (Å²) in [4.78, 5) is 3.13. The largest absolute Gasteiger partial charge is 0.330 e. The Labute approximate surface area is 124 Å². The molecule has 2 aromatic heterocycles. The number of imidazole rings is 1. The van der Waals surface area contributed by atoms with Gasteiger partial charge in [-0.25, -0.2) is 0 Å². The number of aromatic nitrogens is 4. The van der Waals surface area contributed by atoms with Crippen molar-refractivity contribution in [3.05, 3.63) is 38.8 Å². The minimum atomic E-state index is 0.499. The molecule has 7 heteroatoms. The molecule has 3 rings (SSSR count). The van der Waals surface area contributed by atoms with E-state index in [9.17, 15) is 0 Å². The Morgan fingerprint density at radius 1 is 1.26 bits per heavy atom. The number of hydrogen-bond donors (Lipinski definition) is 1. The molecule has 1 N–H and O–H groups in total. The maximum atomic E-state index is 6.09. The highest BCUT2D eigenvalue weighted by Gasteiger charge is 2.13. The van der Waals surface area contributed by atoms with Gasteiger partial charge >= 0.3 is 0 Å². The van der Waals surface area contributed by atoms with E-state index in [1.165, 1.54) is 0 Å². The number of aromatic amines is 1. The summed E-state index contributed by atoms with van der Waals surface area (Å²) in [6, 6.07) is 3.58. The molecule has 0 amide bonds. The van der Waals surface area contributed by atoms with E-state index in [1.807, 2.05) is 24.7 Å². The molecule has 0 spiro atoms. The molecule has 0 unspecified atom stereocenters. The molecule has 0 atom stereocenters. The lowest BCUT2D eigenvalue weighted by atomic mass is 10.3. The number of fused-ring (bicyclic) bond motifs is 1. The average Bonchev–Trinajstić information content (AvgIpc) is 2.79. The predicted molar refractivity (Wildman–Crippen MR) is 80.0 cm³/mol. The second-order valence-electron chi connectivity index (χ2n) is 4.32. The SMILES string of the molecule is Cc1nn(C)cc1-n1c(=S)[nH]c2cc(Cl)c(Cl)cc21. The van der Waals surface area contributed by atoms with Gasteiger partial charge in [0.15, 0.2) is 4.77 Å². The van der Waals surface area contributed by atoms with Crippen molar-refractivity contribution in [1.29, 1.82) is 0 Å². The molecular weight excluding hydrogens is 303 g/mol. The van der Waals surface area contributed by atoms with E-state index in [2.05, 4.69) is 10.1 Å². The van der Waals surface area contributed by atoms with Gasteiger partial charge in [0, 0.05) is 13.2 Å². The molecule has 1 aromatic carbocycles. The summed E-state index contributed by atoms with van der Waals surface area (Å²) in [5.74, 6) is 0. The molecule has 0 radical (unpaired) electrons. The van der Waals surface area contributed by atoms with Crippen molar-refractivity contribution >= 4 is 46.5 Å². The molecule has 0 aliphatic rings. The van der Waals surface area contributed by atoms with Crippen molar-refractivity contribution in [3.63, 3.8) is 0 Å². The van der Waals surface area contributed by atoms with Crippen molar-refractivity contribution in [2.75, 3.05) is 0 Å². The van der Waals surface area contributed by atoms with Gasteiger partial charge in [-0.05, 0) is 31.3 Å². The normalized spacial score (nSPS) is 11.4.